The lowest BCUT2D eigenvalue weighted by Gasteiger charge is -2.30. The van der Waals surface area contributed by atoms with Gasteiger partial charge in [-0.15, -0.1) is 0 Å². The summed E-state index contributed by atoms with van der Waals surface area (Å²) in [4.78, 5) is 0. The van der Waals surface area contributed by atoms with Gasteiger partial charge < -0.3 is 4.74 Å². The van der Waals surface area contributed by atoms with Gasteiger partial charge in [-0.25, -0.2) is 0 Å². The molecule has 2 aliphatic carbocycles. The van der Waals surface area contributed by atoms with Crippen molar-refractivity contribution in [3.63, 3.8) is 0 Å². The molecule has 3 nitrogen and oxygen atoms in total. The van der Waals surface area contributed by atoms with Crippen molar-refractivity contribution in [1.82, 2.24) is 5.32 Å². The van der Waals surface area contributed by atoms with Gasteiger partial charge in [0, 0.05) is 19.8 Å². The summed E-state index contributed by atoms with van der Waals surface area (Å²) in [5, 5.41) is 13.0. The van der Waals surface area contributed by atoms with Gasteiger partial charge in [0.05, 0.1) is 6.07 Å². The molecule has 2 atom stereocenters. The molecule has 1 N–H and O–H groups in total. The second-order valence-corrected chi connectivity index (χ2v) is 4.87. The van der Waals surface area contributed by atoms with Crippen LogP contribution < -0.4 is 5.32 Å². The van der Waals surface area contributed by atoms with Crippen LogP contribution in [0.3, 0.4) is 0 Å². The molecule has 0 saturated heterocycles. The highest BCUT2D eigenvalue weighted by Gasteiger charge is 2.45. The van der Waals surface area contributed by atoms with Gasteiger partial charge in [-0.1, -0.05) is 6.42 Å². The summed E-state index contributed by atoms with van der Waals surface area (Å²) in [5.41, 5.74) is -0.236. The van der Waals surface area contributed by atoms with Crippen molar-refractivity contribution in [2.75, 3.05) is 13.7 Å². The quantitative estimate of drug-likeness (QED) is 0.749. The van der Waals surface area contributed by atoms with Crippen LogP contribution in [0.25, 0.3) is 0 Å². The first kappa shape index (κ1) is 10.9. The van der Waals surface area contributed by atoms with Gasteiger partial charge in [0.1, 0.15) is 5.54 Å². The van der Waals surface area contributed by atoms with Crippen molar-refractivity contribution < 1.29 is 4.74 Å². The lowest BCUT2D eigenvalue weighted by atomic mass is 9.86. The normalized spacial score (nSPS) is 35.3. The van der Waals surface area contributed by atoms with E-state index in [0.717, 1.165) is 19.4 Å². The summed E-state index contributed by atoms with van der Waals surface area (Å²) in [6, 6.07) is 3.16. The van der Waals surface area contributed by atoms with Crippen LogP contribution in [-0.4, -0.2) is 25.3 Å². The number of ether oxygens (including phenoxy) is 1. The lowest BCUT2D eigenvalue weighted by Crippen LogP contribution is -2.48. The first-order chi connectivity index (χ1) is 7.30. The predicted octanol–water partition coefficient (Wildman–Crippen LogP) is 1.84. The fourth-order valence-corrected chi connectivity index (χ4v) is 2.69. The highest BCUT2D eigenvalue weighted by molar-refractivity contribution is 5.16. The molecule has 2 saturated carbocycles. The van der Waals surface area contributed by atoms with E-state index < -0.39 is 0 Å². The fourth-order valence-electron chi connectivity index (χ4n) is 2.69. The first-order valence-electron chi connectivity index (χ1n) is 5.98. The second kappa shape index (κ2) is 4.51. The van der Waals surface area contributed by atoms with Crippen LogP contribution in [0, 0.1) is 17.2 Å². The summed E-state index contributed by atoms with van der Waals surface area (Å²) < 4.78 is 5.13. The summed E-state index contributed by atoms with van der Waals surface area (Å²) in [7, 11) is 1.73. The zero-order chi connectivity index (χ0) is 10.7. The number of hydrogen-bond acceptors (Lipinski definition) is 3. The maximum absolute atomic E-state index is 9.41. The first-order valence-corrected chi connectivity index (χ1v) is 5.98. The van der Waals surface area contributed by atoms with Gasteiger partial charge >= 0.3 is 0 Å². The smallest absolute Gasteiger partial charge is 0.109 e. The van der Waals surface area contributed by atoms with E-state index in [4.69, 9.17) is 4.74 Å². The van der Waals surface area contributed by atoms with E-state index >= 15 is 0 Å². The molecule has 2 rings (SSSR count). The molecule has 0 aromatic heterocycles. The minimum Gasteiger partial charge on any atom is -0.385 e. The van der Waals surface area contributed by atoms with Gasteiger partial charge in [-0.05, 0) is 38.0 Å². The molecule has 2 unspecified atom stereocenters. The number of rotatable bonds is 5. The van der Waals surface area contributed by atoms with Crippen molar-refractivity contribution in [2.24, 2.45) is 5.92 Å². The summed E-state index contributed by atoms with van der Waals surface area (Å²) in [5.74, 6) is 0.489. The minimum atomic E-state index is -0.236. The van der Waals surface area contributed by atoms with Crippen molar-refractivity contribution >= 4 is 0 Å². The Bertz CT molecular complexity index is 257. The maximum atomic E-state index is 9.41. The van der Waals surface area contributed by atoms with E-state index in [0.29, 0.717) is 12.0 Å². The SMILES string of the molecule is COCCC1CCCC1(C#N)NC1CC1. The molecule has 0 amide bonds. The molecular formula is C12H20N2O. The third kappa shape index (κ3) is 2.32. The molecule has 0 heterocycles. The predicted molar refractivity (Wildman–Crippen MR) is 58.3 cm³/mol. The summed E-state index contributed by atoms with van der Waals surface area (Å²) in [6.07, 6.45) is 6.90. The van der Waals surface area contributed by atoms with Gasteiger partial charge in [0.15, 0.2) is 0 Å². The standard InChI is InChI=1S/C12H20N2O/c1-15-8-6-10-3-2-7-12(10,9-13)14-11-4-5-11/h10-11,14H,2-8H2,1H3. The molecule has 2 aliphatic rings. The van der Waals surface area contributed by atoms with Gasteiger partial charge in [-0.2, -0.15) is 5.26 Å². The molecule has 3 heteroatoms. The molecule has 0 bridgehead atoms. The largest absolute Gasteiger partial charge is 0.385 e. The van der Waals surface area contributed by atoms with Gasteiger partial charge in [-0.3, -0.25) is 5.32 Å². The van der Waals surface area contributed by atoms with E-state index in [1.54, 1.807) is 7.11 Å². The van der Waals surface area contributed by atoms with Crippen LogP contribution >= 0.6 is 0 Å². The molecule has 0 radical (unpaired) electrons. The number of hydrogen-bond donors (Lipinski definition) is 1. The Labute approximate surface area is 91.8 Å². The van der Waals surface area contributed by atoms with Crippen LogP contribution in [0.5, 0.6) is 0 Å². The molecule has 0 aromatic carbocycles. The van der Waals surface area contributed by atoms with Crippen LogP contribution in [0.15, 0.2) is 0 Å². The van der Waals surface area contributed by atoms with E-state index in [1.807, 2.05) is 0 Å². The Morgan fingerprint density at radius 3 is 2.87 bits per heavy atom. The zero-order valence-corrected chi connectivity index (χ0v) is 9.46. The molecular weight excluding hydrogens is 188 g/mol. The Kier molecular flexibility index (Phi) is 3.28. The van der Waals surface area contributed by atoms with Crippen LogP contribution in [0.4, 0.5) is 0 Å². The topological polar surface area (TPSA) is 45.0 Å². The molecule has 0 aromatic rings. The number of nitrogens with zero attached hydrogens (tertiary/aromatic N) is 1. The van der Waals surface area contributed by atoms with Crippen molar-refractivity contribution in [2.45, 2.75) is 50.1 Å². The highest BCUT2D eigenvalue weighted by atomic mass is 16.5. The molecule has 84 valence electrons. The second-order valence-electron chi connectivity index (χ2n) is 4.87. The zero-order valence-electron chi connectivity index (χ0n) is 9.46. The third-order valence-electron chi connectivity index (χ3n) is 3.73. The van der Waals surface area contributed by atoms with Crippen LogP contribution in [0.2, 0.25) is 0 Å². The Balaban J connectivity index is 1.97. The number of methoxy groups -OCH3 is 1. The number of nitrogens with one attached hydrogen (secondary N) is 1. The molecule has 0 aliphatic heterocycles. The highest BCUT2D eigenvalue weighted by Crippen LogP contribution is 2.39. The van der Waals surface area contributed by atoms with E-state index in [9.17, 15) is 5.26 Å². The molecule has 2 fully saturated rings. The summed E-state index contributed by atoms with van der Waals surface area (Å²) in [6.45, 7) is 0.778. The molecule has 15 heavy (non-hydrogen) atoms. The van der Waals surface area contributed by atoms with Crippen molar-refractivity contribution in [1.29, 1.82) is 5.26 Å². The van der Waals surface area contributed by atoms with E-state index in [1.165, 1.54) is 25.7 Å². The molecule has 0 spiro atoms. The van der Waals surface area contributed by atoms with E-state index in [2.05, 4.69) is 11.4 Å². The third-order valence-corrected chi connectivity index (χ3v) is 3.73. The minimum absolute atomic E-state index is 0.236. The van der Waals surface area contributed by atoms with Crippen molar-refractivity contribution in [3.05, 3.63) is 0 Å². The Hall–Kier alpha value is -0.590. The average molecular weight is 208 g/mol. The fraction of sp³-hybridized carbons (Fsp3) is 0.917. The van der Waals surface area contributed by atoms with E-state index in [-0.39, 0.29) is 5.54 Å². The van der Waals surface area contributed by atoms with Crippen molar-refractivity contribution in [3.8, 4) is 6.07 Å². The number of nitriles is 1. The summed E-state index contributed by atoms with van der Waals surface area (Å²) >= 11 is 0. The Morgan fingerprint density at radius 2 is 2.27 bits per heavy atom. The van der Waals surface area contributed by atoms with Gasteiger partial charge in [0.25, 0.3) is 0 Å². The Morgan fingerprint density at radius 1 is 1.47 bits per heavy atom. The average Bonchev–Trinajstić information content (AvgIpc) is 2.96. The monoisotopic (exact) mass is 208 g/mol. The van der Waals surface area contributed by atoms with Crippen LogP contribution in [-0.2, 0) is 4.74 Å². The van der Waals surface area contributed by atoms with Gasteiger partial charge in [0.2, 0.25) is 0 Å². The maximum Gasteiger partial charge on any atom is 0.109 e. The van der Waals surface area contributed by atoms with Crippen LogP contribution in [0.1, 0.15) is 38.5 Å². The lowest BCUT2D eigenvalue weighted by molar-refractivity contribution is 0.160.